The summed E-state index contributed by atoms with van der Waals surface area (Å²) in [6.45, 7) is 15.0. The Hall–Kier alpha value is -1.30. The first kappa shape index (κ1) is 20.7. The molecule has 130 valence electrons. The minimum absolute atomic E-state index is 0.0534. The molecule has 0 aromatic carbocycles. The number of rotatable bonds is 6. The maximum Gasteiger partial charge on any atom is 0.408 e. The number of nitrogens with two attached hydrogens (primary N) is 1. The summed E-state index contributed by atoms with van der Waals surface area (Å²) in [5.41, 5.74) is 5.38. The number of carbonyl (C=O) groups is 2. The van der Waals surface area contributed by atoms with Gasteiger partial charge >= 0.3 is 12.1 Å². The number of amides is 1. The average Bonchev–Trinajstić information content (AvgIpc) is 2.24. The fraction of sp³-hybridized carbons (Fsp3) is 0.875. The van der Waals surface area contributed by atoms with Crippen molar-refractivity contribution in [1.82, 2.24) is 5.32 Å². The summed E-state index contributed by atoms with van der Waals surface area (Å²) in [6.07, 6.45) is -1.36. The van der Waals surface area contributed by atoms with Crippen LogP contribution in [0.1, 0.15) is 55.4 Å². The molecule has 0 saturated heterocycles. The summed E-state index contributed by atoms with van der Waals surface area (Å²) in [5, 5.41) is 2.45. The van der Waals surface area contributed by atoms with Crippen LogP contribution in [-0.2, 0) is 14.3 Å². The molecule has 0 bridgehead atoms. The highest BCUT2D eigenvalue weighted by Crippen LogP contribution is 2.24. The molecule has 0 spiro atoms. The molecule has 2 atom stereocenters. The third kappa shape index (κ3) is 7.64. The number of nitrogens with one attached hydrogen (secondary N) is 1. The van der Waals surface area contributed by atoms with Crippen LogP contribution < -0.4 is 11.1 Å². The van der Waals surface area contributed by atoms with Crippen molar-refractivity contribution in [1.29, 1.82) is 0 Å². The number of carbonyl (C=O) groups excluding carboxylic acids is 2. The topological polar surface area (TPSA) is 90.6 Å². The Kier molecular flexibility index (Phi) is 7.87. The normalized spacial score (nSPS) is 14.9. The Morgan fingerprint density at radius 2 is 1.45 bits per heavy atom. The molecule has 22 heavy (non-hydrogen) atoms. The van der Waals surface area contributed by atoms with Crippen molar-refractivity contribution in [2.24, 2.45) is 23.5 Å². The van der Waals surface area contributed by atoms with E-state index < -0.39 is 29.9 Å². The van der Waals surface area contributed by atoms with Crippen molar-refractivity contribution in [2.75, 3.05) is 0 Å². The summed E-state index contributed by atoms with van der Waals surface area (Å²) in [7, 11) is 0. The maximum absolute atomic E-state index is 12.0. The number of hydrogen-bond acceptors (Lipinski definition) is 5. The second-order valence-electron chi connectivity index (χ2n) is 7.33. The number of hydrogen-bond donors (Lipinski definition) is 2. The smallest absolute Gasteiger partial charge is 0.408 e. The molecule has 6 nitrogen and oxygen atoms in total. The molecule has 0 aliphatic heterocycles. The van der Waals surface area contributed by atoms with E-state index in [1.54, 1.807) is 27.7 Å². The van der Waals surface area contributed by atoms with E-state index in [-0.39, 0.29) is 17.8 Å². The van der Waals surface area contributed by atoms with Crippen molar-refractivity contribution in [2.45, 2.75) is 73.3 Å². The second kappa shape index (κ2) is 8.36. The van der Waals surface area contributed by atoms with E-state index in [4.69, 9.17) is 15.2 Å². The van der Waals surface area contributed by atoms with Gasteiger partial charge < -0.3 is 14.8 Å². The lowest BCUT2D eigenvalue weighted by Gasteiger charge is -2.31. The summed E-state index contributed by atoms with van der Waals surface area (Å²) in [5.74, 6) is 0.0659. The quantitative estimate of drug-likeness (QED) is 0.580. The lowest BCUT2D eigenvalue weighted by Crippen LogP contribution is -2.47. The van der Waals surface area contributed by atoms with Crippen LogP contribution in [0.3, 0.4) is 0 Å². The Labute approximate surface area is 134 Å². The molecule has 1 amide bonds. The maximum atomic E-state index is 12.0. The van der Waals surface area contributed by atoms with Gasteiger partial charge in [-0.3, -0.25) is 5.73 Å². The fourth-order valence-corrected chi connectivity index (χ4v) is 2.39. The standard InChI is InChI=1S/C16H32N2O4/c1-9(2)12(10(3)4)13(17)21-14(19)11(5)18-15(20)22-16(6,7)8/h9-13H,17H2,1-8H3,(H,18,20)/t11-,13?/m1/s1. The van der Waals surface area contributed by atoms with Crippen molar-refractivity contribution >= 4 is 12.1 Å². The van der Waals surface area contributed by atoms with Gasteiger partial charge in [0, 0.05) is 5.92 Å². The van der Waals surface area contributed by atoms with Crippen LogP contribution in [0.15, 0.2) is 0 Å². The van der Waals surface area contributed by atoms with Crippen molar-refractivity contribution in [3.8, 4) is 0 Å². The van der Waals surface area contributed by atoms with E-state index in [0.29, 0.717) is 0 Å². The van der Waals surface area contributed by atoms with Crippen LogP contribution in [0, 0.1) is 17.8 Å². The van der Waals surface area contributed by atoms with E-state index in [2.05, 4.69) is 5.32 Å². The first-order chi connectivity index (χ1) is 9.85. The van der Waals surface area contributed by atoms with Gasteiger partial charge in [0.1, 0.15) is 11.6 Å². The Bertz CT molecular complexity index is 367. The summed E-state index contributed by atoms with van der Waals surface area (Å²) in [4.78, 5) is 23.7. The zero-order chi connectivity index (χ0) is 17.7. The zero-order valence-electron chi connectivity index (χ0n) is 15.1. The average molecular weight is 316 g/mol. The minimum atomic E-state index is -0.819. The summed E-state index contributed by atoms with van der Waals surface area (Å²) in [6, 6.07) is -0.819. The monoisotopic (exact) mass is 316 g/mol. The zero-order valence-corrected chi connectivity index (χ0v) is 15.1. The van der Waals surface area contributed by atoms with Crippen LogP contribution in [0.25, 0.3) is 0 Å². The SMILES string of the molecule is CC(C)C(C(C)C)C(N)OC(=O)[C@@H](C)NC(=O)OC(C)(C)C. The lowest BCUT2D eigenvalue weighted by atomic mass is 9.84. The molecule has 0 aromatic rings. The molecule has 0 saturated carbocycles. The number of alkyl carbamates (subject to hydrolysis) is 1. The van der Waals surface area contributed by atoms with Gasteiger partial charge in [-0.2, -0.15) is 0 Å². The van der Waals surface area contributed by atoms with E-state index in [1.807, 2.05) is 27.7 Å². The van der Waals surface area contributed by atoms with Crippen LogP contribution in [0.4, 0.5) is 4.79 Å². The minimum Gasteiger partial charge on any atom is -0.445 e. The predicted molar refractivity (Wildman–Crippen MR) is 86.1 cm³/mol. The van der Waals surface area contributed by atoms with Crippen LogP contribution in [-0.4, -0.2) is 29.9 Å². The fourth-order valence-electron chi connectivity index (χ4n) is 2.39. The van der Waals surface area contributed by atoms with Gasteiger partial charge in [0.2, 0.25) is 0 Å². The molecule has 0 radical (unpaired) electrons. The Morgan fingerprint density at radius 1 is 1.00 bits per heavy atom. The molecule has 0 aromatic heterocycles. The summed E-state index contributed by atoms with van der Waals surface area (Å²) >= 11 is 0. The molecule has 0 fully saturated rings. The molecule has 1 unspecified atom stereocenters. The van der Waals surface area contributed by atoms with Gasteiger partial charge in [-0.15, -0.1) is 0 Å². The van der Waals surface area contributed by atoms with E-state index in [1.165, 1.54) is 0 Å². The molecular weight excluding hydrogens is 284 g/mol. The first-order valence-corrected chi connectivity index (χ1v) is 7.80. The van der Waals surface area contributed by atoms with Crippen molar-refractivity contribution < 1.29 is 19.1 Å². The van der Waals surface area contributed by atoms with E-state index in [0.717, 1.165) is 0 Å². The van der Waals surface area contributed by atoms with Gasteiger partial charge in [0.25, 0.3) is 0 Å². The molecule has 0 aliphatic rings. The third-order valence-corrected chi connectivity index (χ3v) is 3.26. The van der Waals surface area contributed by atoms with Crippen molar-refractivity contribution in [3.63, 3.8) is 0 Å². The molecule has 0 aliphatic carbocycles. The molecule has 0 rings (SSSR count). The second-order valence-corrected chi connectivity index (χ2v) is 7.33. The Balaban J connectivity index is 4.55. The molecule has 6 heteroatoms. The lowest BCUT2D eigenvalue weighted by molar-refractivity contribution is -0.155. The molecule has 3 N–H and O–H groups in total. The van der Waals surface area contributed by atoms with Gasteiger partial charge in [0.05, 0.1) is 0 Å². The van der Waals surface area contributed by atoms with Crippen LogP contribution in [0.5, 0.6) is 0 Å². The summed E-state index contributed by atoms with van der Waals surface area (Å²) < 4.78 is 10.4. The van der Waals surface area contributed by atoms with Gasteiger partial charge in [-0.1, -0.05) is 27.7 Å². The third-order valence-electron chi connectivity index (χ3n) is 3.26. The van der Waals surface area contributed by atoms with E-state index in [9.17, 15) is 9.59 Å². The van der Waals surface area contributed by atoms with Gasteiger partial charge in [-0.05, 0) is 39.5 Å². The van der Waals surface area contributed by atoms with Crippen LogP contribution in [0.2, 0.25) is 0 Å². The Morgan fingerprint density at radius 3 is 1.82 bits per heavy atom. The first-order valence-electron chi connectivity index (χ1n) is 7.80. The van der Waals surface area contributed by atoms with Crippen LogP contribution >= 0.6 is 0 Å². The molecule has 0 heterocycles. The van der Waals surface area contributed by atoms with E-state index >= 15 is 0 Å². The highest BCUT2D eigenvalue weighted by atomic mass is 16.6. The highest BCUT2D eigenvalue weighted by molar-refractivity contribution is 5.81. The number of ether oxygens (including phenoxy) is 2. The van der Waals surface area contributed by atoms with Gasteiger partial charge in [0.15, 0.2) is 6.23 Å². The molecular formula is C16H32N2O4. The predicted octanol–water partition coefficient (Wildman–Crippen LogP) is 2.66. The van der Waals surface area contributed by atoms with Gasteiger partial charge in [-0.25, -0.2) is 9.59 Å². The number of esters is 1. The largest absolute Gasteiger partial charge is 0.445 e. The van der Waals surface area contributed by atoms with Crippen molar-refractivity contribution in [3.05, 3.63) is 0 Å². The highest BCUT2D eigenvalue weighted by Gasteiger charge is 2.30.